The van der Waals surface area contributed by atoms with E-state index >= 15 is 4.39 Å². The monoisotopic (exact) mass is 308 g/mol. The maximum absolute atomic E-state index is 15.3. The van der Waals surface area contributed by atoms with E-state index in [4.69, 9.17) is 0 Å². The van der Waals surface area contributed by atoms with Crippen molar-refractivity contribution in [2.75, 3.05) is 0 Å². The van der Waals surface area contributed by atoms with Gasteiger partial charge in [0.1, 0.15) is 6.17 Å². The van der Waals surface area contributed by atoms with Gasteiger partial charge < -0.3 is 10.2 Å². The fraction of sp³-hybridized carbons (Fsp3) is 0.895. The van der Waals surface area contributed by atoms with Crippen LogP contribution in [0.2, 0.25) is 0 Å². The van der Waals surface area contributed by atoms with Gasteiger partial charge >= 0.3 is 0 Å². The van der Waals surface area contributed by atoms with Crippen molar-refractivity contribution >= 4 is 0 Å². The van der Waals surface area contributed by atoms with Crippen LogP contribution in [0.3, 0.4) is 0 Å². The molecule has 124 valence electrons. The van der Waals surface area contributed by atoms with E-state index in [2.05, 4.69) is 13.8 Å². The summed E-state index contributed by atoms with van der Waals surface area (Å²) in [4.78, 5) is 0. The number of halogens is 1. The molecular formula is C19H29FO2. The Labute approximate surface area is 132 Å². The van der Waals surface area contributed by atoms with Crippen molar-refractivity contribution in [3.63, 3.8) is 0 Å². The van der Waals surface area contributed by atoms with E-state index in [1.807, 2.05) is 6.08 Å². The van der Waals surface area contributed by atoms with Gasteiger partial charge in [0.15, 0.2) is 0 Å². The first-order chi connectivity index (χ1) is 10.4. The number of hydrogen-bond acceptors (Lipinski definition) is 2. The maximum Gasteiger partial charge on any atom is 0.105 e. The summed E-state index contributed by atoms with van der Waals surface area (Å²) >= 11 is 0. The molecule has 22 heavy (non-hydrogen) atoms. The highest BCUT2D eigenvalue weighted by Crippen LogP contribution is 2.65. The lowest BCUT2D eigenvalue weighted by atomic mass is 9.47. The molecule has 0 aromatic carbocycles. The van der Waals surface area contributed by atoms with Gasteiger partial charge in [-0.25, -0.2) is 4.39 Å². The smallest absolute Gasteiger partial charge is 0.105 e. The molecule has 3 heteroatoms. The van der Waals surface area contributed by atoms with Gasteiger partial charge in [-0.15, -0.1) is 0 Å². The predicted molar refractivity (Wildman–Crippen MR) is 84.0 cm³/mol. The Kier molecular flexibility index (Phi) is 3.30. The van der Waals surface area contributed by atoms with Crippen molar-refractivity contribution in [3.05, 3.63) is 11.6 Å². The van der Waals surface area contributed by atoms with E-state index in [1.54, 1.807) is 0 Å². The van der Waals surface area contributed by atoms with Crippen LogP contribution in [-0.4, -0.2) is 28.6 Å². The zero-order valence-corrected chi connectivity index (χ0v) is 13.8. The van der Waals surface area contributed by atoms with E-state index in [-0.39, 0.29) is 29.0 Å². The number of allylic oxidation sites excluding steroid dienone is 1. The quantitative estimate of drug-likeness (QED) is 0.671. The summed E-state index contributed by atoms with van der Waals surface area (Å²) in [5.41, 5.74) is 1.01. The summed E-state index contributed by atoms with van der Waals surface area (Å²) in [5, 5.41) is 20.4. The van der Waals surface area contributed by atoms with Crippen molar-refractivity contribution in [2.24, 2.45) is 28.6 Å². The molecule has 3 fully saturated rings. The van der Waals surface area contributed by atoms with Crippen LogP contribution < -0.4 is 0 Å². The molecule has 4 aliphatic rings. The average Bonchev–Trinajstić information content (AvgIpc) is 2.75. The third-order valence-electron chi connectivity index (χ3n) is 7.93. The van der Waals surface area contributed by atoms with Crippen molar-refractivity contribution in [1.82, 2.24) is 0 Å². The molecule has 8 atom stereocenters. The van der Waals surface area contributed by atoms with E-state index in [0.717, 1.165) is 38.5 Å². The minimum absolute atomic E-state index is 0.0730. The van der Waals surface area contributed by atoms with E-state index in [1.165, 1.54) is 5.57 Å². The molecule has 0 aromatic rings. The molecule has 0 saturated heterocycles. The number of rotatable bonds is 0. The highest BCUT2D eigenvalue weighted by atomic mass is 19.1. The fourth-order valence-corrected chi connectivity index (χ4v) is 6.74. The van der Waals surface area contributed by atoms with Crippen molar-refractivity contribution in [3.8, 4) is 0 Å². The maximum atomic E-state index is 15.3. The molecule has 0 bridgehead atoms. The molecule has 4 rings (SSSR count). The Bertz CT molecular complexity index is 504. The number of aliphatic hydroxyl groups excluding tert-OH is 2. The van der Waals surface area contributed by atoms with Crippen LogP contribution in [0.15, 0.2) is 11.6 Å². The van der Waals surface area contributed by atoms with Crippen molar-refractivity contribution < 1.29 is 14.6 Å². The van der Waals surface area contributed by atoms with Crippen LogP contribution in [0, 0.1) is 28.6 Å². The Hall–Kier alpha value is -0.410. The molecular weight excluding hydrogens is 279 g/mol. The second-order valence-corrected chi connectivity index (χ2v) is 8.87. The lowest BCUT2D eigenvalue weighted by molar-refractivity contribution is -0.117. The minimum Gasteiger partial charge on any atom is -0.393 e. The molecule has 0 radical (unpaired) electrons. The summed E-state index contributed by atoms with van der Waals surface area (Å²) in [6, 6.07) is 0. The van der Waals surface area contributed by atoms with Gasteiger partial charge in [-0.2, -0.15) is 0 Å². The molecule has 3 unspecified atom stereocenters. The van der Waals surface area contributed by atoms with Crippen molar-refractivity contribution in [1.29, 1.82) is 0 Å². The Morgan fingerprint density at radius 1 is 1.14 bits per heavy atom. The van der Waals surface area contributed by atoms with Gasteiger partial charge in [0.05, 0.1) is 12.2 Å². The van der Waals surface area contributed by atoms with E-state index in [0.29, 0.717) is 18.3 Å². The molecule has 3 saturated carbocycles. The van der Waals surface area contributed by atoms with Gasteiger partial charge in [0, 0.05) is 5.92 Å². The topological polar surface area (TPSA) is 40.5 Å². The number of hydrogen-bond donors (Lipinski definition) is 2. The molecule has 0 aromatic heterocycles. The first-order valence-electron chi connectivity index (χ1n) is 9.07. The largest absolute Gasteiger partial charge is 0.393 e. The molecule has 4 aliphatic carbocycles. The normalized spacial score (nSPS) is 57.6. The Balaban J connectivity index is 1.72. The van der Waals surface area contributed by atoms with Crippen LogP contribution >= 0.6 is 0 Å². The van der Waals surface area contributed by atoms with Crippen LogP contribution in [0.5, 0.6) is 0 Å². The average molecular weight is 308 g/mol. The summed E-state index contributed by atoms with van der Waals surface area (Å²) in [6.45, 7) is 4.36. The fourth-order valence-electron chi connectivity index (χ4n) is 6.74. The highest BCUT2D eigenvalue weighted by Gasteiger charge is 2.62. The zero-order chi connectivity index (χ0) is 15.7. The Morgan fingerprint density at radius 2 is 1.91 bits per heavy atom. The number of fused-ring (bicyclic) bond motifs is 5. The number of alkyl halides is 1. The summed E-state index contributed by atoms with van der Waals surface area (Å²) in [5.74, 6) is 0.969. The molecule has 0 amide bonds. The summed E-state index contributed by atoms with van der Waals surface area (Å²) < 4.78 is 15.3. The van der Waals surface area contributed by atoms with Gasteiger partial charge in [0.25, 0.3) is 0 Å². The summed E-state index contributed by atoms with van der Waals surface area (Å²) in [7, 11) is 0. The van der Waals surface area contributed by atoms with Crippen molar-refractivity contribution in [2.45, 2.75) is 77.2 Å². The third-order valence-corrected chi connectivity index (χ3v) is 7.93. The van der Waals surface area contributed by atoms with Crippen LogP contribution in [0.25, 0.3) is 0 Å². The standard InChI is InChI=1S/C19H29FO2/c1-18-8-7-12(21)9-11(18)3-4-13-14-5-6-16(22)19(14,2)10-15(20)17(13)18/h9,12-17,21-22H,3-8,10H2,1-2H3/t12?,13-,14-,15?,16?,17-,18-,19-/m0/s1. The SMILES string of the molecule is C[C@]12CCC(O)C=C1CC[C@@H]1[C@H]2C(F)C[C@]2(C)C(O)CC[C@@H]12. The van der Waals surface area contributed by atoms with E-state index in [9.17, 15) is 10.2 Å². The van der Waals surface area contributed by atoms with Crippen LogP contribution in [0.1, 0.15) is 58.8 Å². The lowest BCUT2D eigenvalue weighted by Gasteiger charge is -2.59. The summed E-state index contributed by atoms with van der Waals surface area (Å²) in [6.07, 6.45) is 6.68. The predicted octanol–water partition coefficient (Wildman–Crippen LogP) is 3.62. The second-order valence-electron chi connectivity index (χ2n) is 8.87. The molecule has 0 aliphatic heterocycles. The minimum atomic E-state index is -0.817. The van der Waals surface area contributed by atoms with E-state index < -0.39 is 6.17 Å². The first-order valence-corrected chi connectivity index (χ1v) is 9.07. The number of aliphatic hydroxyl groups is 2. The molecule has 2 nitrogen and oxygen atoms in total. The molecule has 0 spiro atoms. The second kappa shape index (κ2) is 4.80. The van der Waals surface area contributed by atoms with Gasteiger partial charge in [-0.05, 0) is 67.6 Å². The van der Waals surface area contributed by atoms with Gasteiger partial charge in [-0.3, -0.25) is 0 Å². The zero-order valence-electron chi connectivity index (χ0n) is 13.8. The van der Waals surface area contributed by atoms with Crippen LogP contribution in [0.4, 0.5) is 4.39 Å². The van der Waals surface area contributed by atoms with Crippen LogP contribution in [-0.2, 0) is 0 Å². The molecule has 2 N–H and O–H groups in total. The Morgan fingerprint density at radius 3 is 2.68 bits per heavy atom. The first kappa shape index (κ1) is 15.1. The lowest BCUT2D eigenvalue weighted by Crippen LogP contribution is -2.56. The van der Waals surface area contributed by atoms with Gasteiger partial charge in [-0.1, -0.05) is 25.5 Å². The van der Waals surface area contributed by atoms with Gasteiger partial charge in [0.2, 0.25) is 0 Å². The molecule has 0 heterocycles. The third kappa shape index (κ3) is 1.84. The highest BCUT2D eigenvalue weighted by molar-refractivity contribution is 5.26.